The van der Waals surface area contributed by atoms with Crippen molar-refractivity contribution in [2.45, 2.75) is 38.4 Å². The summed E-state index contributed by atoms with van der Waals surface area (Å²) in [4.78, 5) is 25.1. The number of ether oxygens (including phenoxy) is 2. The fourth-order valence-electron chi connectivity index (χ4n) is 3.42. The van der Waals surface area contributed by atoms with E-state index < -0.39 is 18.0 Å². The number of hydrogen-bond donors (Lipinski definition) is 0. The molecule has 4 heteroatoms. The van der Waals surface area contributed by atoms with Gasteiger partial charge in [-0.1, -0.05) is 60.7 Å². The predicted octanol–water partition coefficient (Wildman–Crippen LogP) is 3.90. The topological polar surface area (TPSA) is 52.6 Å². The van der Waals surface area contributed by atoms with Gasteiger partial charge in [0.05, 0.1) is 18.8 Å². The molecule has 26 heavy (non-hydrogen) atoms. The second kappa shape index (κ2) is 8.77. The maximum atomic E-state index is 12.7. The summed E-state index contributed by atoms with van der Waals surface area (Å²) in [5, 5.41) is 0. The first-order valence-electron chi connectivity index (χ1n) is 9.12. The number of carbonyl (C=O) groups is 2. The van der Waals surface area contributed by atoms with Gasteiger partial charge in [0, 0.05) is 6.42 Å². The van der Waals surface area contributed by atoms with Crippen molar-refractivity contribution in [1.29, 1.82) is 0 Å². The number of esters is 1. The van der Waals surface area contributed by atoms with Gasteiger partial charge in [-0.3, -0.25) is 9.59 Å². The zero-order chi connectivity index (χ0) is 18.4. The normalized spacial score (nSPS) is 22.8. The summed E-state index contributed by atoms with van der Waals surface area (Å²) >= 11 is 0. The van der Waals surface area contributed by atoms with Gasteiger partial charge in [-0.05, 0) is 30.9 Å². The average molecular weight is 352 g/mol. The highest BCUT2D eigenvalue weighted by Gasteiger charge is 2.43. The SMILES string of the molecule is CCOC(=O)[C@H]1C(=O)C[C@H](c2ccccc2)O[C@@H]1CCc1ccccc1. The lowest BCUT2D eigenvalue weighted by Gasteiger charge is -2.34. The number of aryl methyl sites for hydroxylation is 1. The van der Waals surface area contributed by atoms with Gasteiger partial charge >= 0.3 is 5.97 Å². The minimum atomic E-state index is -0.835. The highest BCUT2D eigenvalue weighted by atomic mass is 16.5. The Morgan fingerprint density at radius 3 is 2.38 bits per heavy atom. The van der Waals surface area contributed by atoms with E-state index in [4.69, 9.17) is 9.47 Å². The molecule has 0 bridgehead atoms. The number of Topliss-reactive ketones (excluding diaryl/α,β-unsaturated/α-hetero) is 1. The lowest BCUT2D eigenvalue weighted by Crippen LogP contribution is -2.44. The Kier molecular flexibility index (Phi) is 6.18. The van der Waals surface area contributed by atoms with Crippen LogP contribution in [-0.4, -0.2) is 24.5 Å². The maximum absolute atomic E-state index is 12.7. The predicted molar refractivity (Wildman–Crippen MR) is 98.6 cm³/mol. The number of hydrogen-bond acceptors (Lipinski definition) is 4. The zero-order valence-corrected chi connectivity index (χ0v) is 15.0. The zero-order valence-electron chi connectivity index (χ0n) is 15.0. The third-order valence-electron chi connectivity index (χ3n) is 4.72. The van der Waals surface area contributed by atoms with Crippen molar-refractivity contribution in [2.24, 2.45) is 5.92 Å². The molecule has 1 heterocycles. The molecule has 3 atom stereocenters. The molecule has 136 valence electrons. The van der Waals surface area contributed by atoms with Gasteiger partial charge in [-0.15, -0.1) is 0 Å². The van der Waals surface area contributed by atoms with E-state index in [1.54, 1.807) is 6.92 Å². The molecule has 0 unspecified atom stereocenters. The third-order valence-corrected chi connectivity index (χ3v) is 4.72. The van der Waals surface area contributed by atoms with Crippen molar-refractivity contribution < 1.29 is 19.1 Å². The number of carbonyl (C=O) groups excluding carboxylic acids is 2. The van der Waals surface area contributed by atoms with Crippen LogP contribution in [0.5, 0.6) is 0 Å². The van der Waals surface area contributed by atoms with Crippen LogP contribution >= 0.6 is 0 Å². The van der Waals surface area contributed by atoms with Gasteiger partial charge in [0.15, 0.2) is 5.78 Å². The Labute approximate surface area is 154 Å². The van der Waals surface area contributed by atoms with Crippen LogP contribution < -0.4 is 0 Å². The van der Waals surface area contributed by atoms with Crippen molar-refractivity contribution in [3.63, 3.8) is 0 Å². The van der Waals surface area contributed by atoms with Crippen LogP contribution in [-0.2, 0) is 25.5 Å². The van der Waals surface area contributed by atoms with E-state index in [0.29, 0.717) is 6.42 Å². The van der Waals surface area contributed by atoms with Crippen LogP contribution in [0.15, 0.2) is 60.7 Å². The summed E-state index contributed by atoms with van der Waals surface area (Å²) in [6.45, 7) is 2.01. The first-order valence-corrected chi connectivity index (χ1v) is 9.12. The molecule has 1 fully saturated rings. The van der Waals surface area contributed by atoms with E-state index in [1.165, 1.54) is 0 Å². The summed E-state index contributed by atoms with van der Waals surface area (Å²) in [7, 11) is 0. The fourth-order valence-corrected chi connectivity index (χ4v) is 3.42. The molecule has 1 aliphatic heterocycles. The molecule has 0 spiro atoms. The van der Waals surface area contributed by atoms with Crippen molar-refractivity contribution in [1.82, 2.24) is 0 Å². The Morgan fingerprint density at radius 2 is 1.73 bits per heavy atom. The molecule has 0 aliphatic carbocycles. The maximum Gasteiger partial charge on any atom is 0.319 e. The van der Waals surface area contributed by atoms with Gasteiger partial charge in [0.2, 0.25) is 0 Å². The lowest BCUT2D eigenvalue weighted by molar-refractivity contribution is -0.169. The van der Waals surface area contributed by atoms with E-state index in [-0.39, 0.29) is 24.9 Å². The quantitative estimate of drug-likeness (QED) is 0.584. The van der Waals surface area contributed by atoms with E-state index in [1.807, 2.05) is 60.7 Å². The molecule has 2 aromatic rings. The van der Waals surface area contributed by atoms with Crippen LogP contribution in [0, 0.1) is 5.92 Å². The second-order valence-electron chi connectivity index (χ2n) is 6.50. The summed E-state index contributed by atoms with van der Waals surface area (Å²) in [6, 6.07) is 19.7. The molecule has 4 nitrogen and oxygen atoms in total. The van der Waals surface area contributed by atoms with Gasteiger partial charge in [-0.25, -0.2) is 0 Å². The first kappa shape index (κ1) is 18.3. The summed E-state index contributed by atoms with van der Waals surface area (Å²) < 4.78 is 11.4. The Morgan fingerprint density at radius 1 is 1.08 bits per heavy atom. The minimum absolute atomic E-state index is 0.0957. The molecule has 1 saturated heterocycles. The van der Waals surface area contributed by atoms with Crippen molar-refractivity contribution in [3.05, 3.63) is 71.8 Å². The molecule has 0 radical (unpaired) electrons. The Balaban J connectivity index is 1.78. The van der Waals surface area contributed by atoms with Crippen LogP contribution in [0.2, 0.25) is 0 Å². The highest BCUT2D eigenvalue weighted by Crippen LogP contribution is 2.35. The van der Waals surface area contributed by atoms with Gasteiger partial charge in [-0.2, -0.15) is 0 Å². The lowest BCUT2D eigenvalue weighted by atomic mass is 9.85. The van der Waals surface area contributed by atoms with E-state index in [2.05, 4.69) is 0 Å². The van der Waals surface area contributed by atoms with Gasteiger partial charge in [0.1, 0.15) is 5.92 Å². The largest absolute Gasteiger partial charge is 0.465 e. The molecule has 0 saturated carbocycles. The fraction of sp³-hybridized carbons (Fsp3) is 0.364. The minimum Gasteiger partial charge on any atom is -0.465 e. The third kappa shape index (κ3) is 4.38. The van der Waals surface area contributed by atoms with Crippen LogP contribution in [0.25, 0.3) is 0 Å². The molecule has 3 rings (SSSR count). The van der Waals surface area contributed by atoms with E-state index in [0.717, 1.165) is 17.5 Å². The molecule has 2 aromatic carbocycles. The average Bonchev–Trinajstić information content (AvgIpc) is 2.67. The first-order chi connectivity index (χ1) is 12.7. The van der Waals surface area contributed by atoms with Crippen molar-refractivity contribution >= 4 is 11.8 Å². The standard InChI is InChI=1S/C22H24O4/c1-2-25-22(24)21-18(23)15-20(17-11-7-4-8-12-17)26-19(21)14-13-16-9-5-3-6-10-16/h3-12,19-21H,2,13-15H2,1H3/t19-,20-,21+/m1/s1. The van der Waals surface area contributed by atoms with Crippen molar-refractivity contribution in [3.8, 4) is 0 Å². The Bertz CT molecular complexity index is 726. The molecule has 0 N–H and O–H groups in total. The van der Waals surface area contributed by atoms with E-state index >= 15 is 0 Å². The smallest absolute Gasteiger partial charge is 0.319 e. The number of benzene rings is 2. The highest BCUT2D eigenvalue weighted by molar-refractivity contribution is 6.00. The molecule has 0 amide bonds. The number of ketones is 1. The van der Waals surface area contributed by atoms with Crippen LogP contribution in [0.4, 0.5) is 0 Å². The summed E-state index contributed by atoms with van der Waals surface area (Å²) in [5.41, 5.74) is 2.13. The summed E-state index contributed by atoms with van der Waals surface area (Å²) in [5.74, 6) is -1.40. The van der Waals surface area contributed by atoms with Crippen LogP contribution in [0.1, 0.15) is 37.0 Å². The molecular formula is C22H24O4. The monoisotopic (exact) mass is 352 g/mol. The van der Waals surface area contributed by atoms with Crippen LogP contribution in [0.3, 0.4) is 0 Å². The summed E-state index contributed by atoms with van der Waals surface area (Å²) in [6.07, 6.45) is 0.768. The second-order valence-corrected chi connectivity index (χ2v) is 6.50. The van der Waals surface area contributed by atoms with Gasteiger partial charge in [0.25, 0.3) is 0 Å². The van der Waals surface area contributed by atoms with Gasteiger partial charge < -0.3 is 9.47 Å². The molecule has 0 aromatic heterocycles. The molecule has 1 aliphatic rings. The van der Waals surface area contributed by atoms with E-state index in [9.17, 15) is 9.59 Å². The van der Waals surface area contributed by atoms with Crippen molar-refractivity contribution in [2.75, 3.05) is 6.61 Å². The Hall–Kier alpha value is -2.46. The molecular weight excluding hydrogens is 328 g/mol. The number of rotatable bonds is 6.